The Morgan fingerprint density at radius 1 is 0.963 bits per heavy atom. The summed E-state index contributed by atoms with van der Waals surface area (Å²) >= 11 is 0. The van der Waals surface area contributed by atoms with E-state index in [1.807, 2.05) is 19.1 Å². The second-order valence-electron chi connectivity index (χ2n) is 5.50. The summed E-state index contributed by atoms with van der Waals surface area (Å²) < 4.78 is 21.2. The van der Waals surface area contributed by atoms with Crippen LogP contribution in [0.1, 0.15) is 18.1 Å². The first-order valence-electron chi connectivity index (χ1n) is 8.44. The van der Waals surface area contributed by atoms with Crippen molar-refractivity contribution in [3.63, 3.8) is 0 Å². The maximum absolute atomic E-state index is 12.1. The number of carbonyl (C=O) groups is 1. The molecule has 0 saturated heterocycles. The number of methoxy groups -OCH3 is 3. The lowest BCUT2D eigenvalue weighted by atomic mass is 10.1. The molecule has 0 aliphatic heterocycles. The highest BCUT2D eigenvalue weighted by Gasteiger charge is 2.08. The van der Waals surface area contributed by atoms with Crippen LogP contribution in [0.2, 0.25) is 0 Å². The fraction of sp³-hybridized carbons (Fsp3) is 0.300. The lowest BCUT2D eigenvalue weighted by molar-refractivity contribution is -0.120. The highest BCUT2D eigenvalue weighted by atomic mass is 16.5. The van der Waals surface area contributed by atoms with Gasteiger partial charge in [0.05, 0.1) is 40.6 Å². The third-order valence-corrected chi connectivity index (χ3v) is 3.70. The summed E-state index contributed by atoms with van der Waals surface area (Å²) in [6.45, 7) is 2.42. The van der Waals surface area contributed by atoms with Crippen molar-refractivity contribution in [2.45, 2.75) is 13.3 Å². The van der Waals surface area contributed by atoms with E-state index in [0.717, 1.165) is 11.1 Å². The van der Waals surface area contributed by atoms with E-state index in [2.05, 4.69) is 10.5 Å². The molecule has 0 aromatic heterocycles. The minimum atomic E-state index is -0.239. The molecule has 27 heavy (non-hydrogen) atoms. The number of rotatable bonds is 9. The van der Waals surface area contributed by atoms with Gasteiger partial charge < -0.3 is 18.9 Å². The molecule has 0 radical (unpaired) electrons. The van der Waals surface area contributed by atoms with Crippen LogP contribution in [0.3, 0.4) is 0 Å². The molecule has 0 unspecified atom stereocenters. The van der Waals surface area contributed by atoms with Crippen LogP contribution in [0.15, 0.2) is 41.5 Å². The molecule has 144 valence electrons. The number of ether oxygens (including phenoxy) is 4. The van der Waals surface area contributed by atoms with Gasteiger partial charge in [-0.25, -0.2) is 5.43 Å². The van der Waals surface area contributed by atoms with Crippen LogP contribution in [0.25, 0.3) is 0 Å². The van der Waals surface area contributed by atoms with Crippen molar-refractivity contribution in [1.29, 1.82) is 0 Å². The summed E-state index contributed by atoms with van der Waals surface area (Å²) in [5.74, 6) is 2.22. The summed E-state index contributed by atoms with van der Waals surface area (Å²) in [4.78, 5) is 12.1. The molecule has 0 bridgehead atoms. The average Bonchev–Trinajstić information content (AvgIpc) is 2.68. The van der Waals surface area contributed by atoms with Crippen molar-refractivity contribution >= 4 is 12.1 Å². The summed E-state index contributed by atoms with van der Waals surface area (Å²) in [5.41, 5.74) is 4.09. The zero-order chi connectivity index (χ0) is 19.6. The normalized spacial score (nSPS) is 10.5. The predicted octanol–water partition coefficient (Wildman–Crippen LogP) is 2.80. The first kappa shape index (κ1) is 20.1. The fourth-order valence-electron chi connectivity index (χ4n) is 2.44. The van der Waals surface area contributed by atoms with Crippen LogP contribution < -0.4 is 24.4 Å². The molecule has 0 fully saturated rings. The predicted molar refractivity (Wildman–Crippen MR) is 103 cm³/mol. The van der Waals surface area contributed by atoms with E-state index in [1.54, 1.807) is 51.8 Å². The van der Waals surface area contributed by atoms with Crippen molar-refractivity contribution < 1.29 is 23.7 Å². The van der Waals surface area contributed by atoms with Gasteiger partial charge in [0.1, 0.15) is 0 Å². The zero-order valence-electron chi connectivity index (χ0n) is 15.9. The Hall–Kier alpha value is -3.22. The molecule has 7 nitrogen and oxygen atoms in total. The Kier molecular flexibility index (Phi) is 7.49. The van der Waals surface area contributed by atoms with Gasteiger partial charge in [-0.2, -0.15) is 5.10 Å². The average molecular weight is 372 g/mol. The van der Waals surface area contributed by atoms with E-state index in [4.69, 9.17) is 18.9 Å². The van der Waals surface area contributed by atoms with Gasteiger partial charge >= 0.3 is 0 Å². The molecule has 2 aromatic carbocycles. The molecule has 0 aliphatic rings. The summed E-state index contributed by atoms with van der Waals surface area (Å²) in [5, 5.41) is 3.99. The minimum Gasteiger partial charge on any atom is -0.493 e. The summed E-state index contributed by atoms with van der Waals surface area (Å²) in [6, 6.07) is 10.7. The summed E-state index contributed by atoms with van der Waals surface area (Å²) in [6.07, 6.45) is 1.72. The fourth-order valence-corrected chi connectivity index (χ4v) is 2.44. The Morgan fingerprint density at radius 3 is 2.30 bits per heavy atom. The molecule has 2 rings (SSSR count). The molecule has 2 aromatic rings. The SMILES string of the molecule is CCOc1cc(/C=N\NC(=O)Cc2ccc(OC)c(OC)c2)ccc1OC. The van der Waals surface area contributed by atoms with E-state index >= 15 is 0 Å². The van der Waals surface area contributed by atoms with Gasteiger partial charge in [0.2, 0.25) is 5.91 Å². The van der Waals surface area contributed by atoms with Gasteiger partial charge in [0, 0.05) is 0 Å². The molecule has 0 heterocycles. The van der Waals surface area contributed by atoms with E-state index in [9.17, 15) is 4.79 Å². The van der Waals surface area contributed by atoms with Gasteiger partial charge in [-0.05, 0) is 48.4 Å². The lowest BCUT2D eigenvalue weighted by Gasteiger charge is -2.09. The van der Waals surface area contributed by atoms with Crippen molar-refractivity contribution in [3.8, 4) is 23.0 Å². The number of nitrogens with zero attached hydrogens (tertiary/aromatic N) is 1. The quantitative estimate of drug-likeness (QED) is 0.541. The second kappa shape index (κ2) is 10.1. The van der Waals surface area contributed by atoms with Gasteiger partial charge in [-0.1, -0.05) is 6.07 Å². The molecule has 0 aliphatic carbocycles. The van der Waals surface area contributed by atoms with Crippen molar-refractivity contribution in [2.75, 3.05) is 27.9 Å². The molecule has 1 amide bonds. The van der Waals surface area contributed by atoms with Gasteiger partial charge in [-0.15, -0.1) is 0 Å². The smallest absolute Gasteiger partial charge is 0.244 e. The number of amides is 1. The first-order chi connectivity index (χ1) is 13.1. The highest BCUT2D eigenvalue weighted by molar-refractivity contribution is 5.84. The van der Waals surface area contributed by atoms with E-state index < -0.39 is 0 Å². The molecular weight excluding hydrogens is 348 g/mol. The molecule has 7 heteroatoms. The second-order valence-corrected chi connectivity index (χ2v) is 5.50. The van der Waals surface area contributed by atoms with E-state index in [1.165, 1.54) is 0 Å². The third kappa shape index (κ3) is 5.64. The van der Waals surface area contributed by atoms with E-state index in [-0.39, 0.29) is 12.3 Å². The maximum atomic E-state index is 12.1. The molecule has 1 N–H and O–H groups in total. The highest BCUT2D eigenvalue weighted by Crippen LogP contribution is 2.28. The van der Waals surface area contributed by atoms with Crippen molar-refractivity contribution in [3.05, 3.63) is 47.5 Å². The molecule has 0 spiro atoms. The molecular formula is C20H24N2O5. The van der Waals surface area contributed by atoms with Crippen LogP contribution in [-0.4, -0.2) is 40.1 Å². The summed E-state index contributed by atoms with van der Waals surface area (Å²) in [7, 11) is 4.70. The van der Waals surface area contributed by atoms with Crippen LogP contribution in [0.4, 0.5) is 0 Å². The van der Waals surface area contributed by atoms with Gasteiger partial charge in [0.25, 0.3) is 0 Å². The third-order valence-electron chi connectivity index (χ3n) is 3.70. The number of hydrazone groups is 1. The molecule has 0 saturated carbocycles. The standard InChI is InChI=1S/C20H24N2O5/c1-5-27-19-11-15(7-9-17(19)25-3)13-21-22-20(23)12-14-6-8-16(24-2)18(10-14)26-4/h6-11,13H,5,12H2,1-4H3,(H,22,23)/b21-13-. The van der Waals surface area contributed by atoms with Crippen molar-refractivity contribution in [2.24, 2.45) is 5.10 Å². The van der Waals surface area contributed by atoms with E-state index in [0.29, 0.717) is 29.6 Å². The monoisotopic (exact) mass is 372 g/mol. The number of carbonyl (C=O) groups excluding carboxylic acids is 1. The zero-order valence-corrected chi connectivity index (χ0v) is 15.9. The topological polar surface area (TPSA) is 78.4 Å². The minimum absolute atomic E-state index is 0.171. The lowest BCUT2D eigenvalue weighted by Crippen LogP contribution is -2.19. The van der Waals surface area contributed by atoms with Crippen LogP contribution >= 0.6 is 0 Å². The van der Waals surface area contributed by atoms with Gasteiger partial charge in [-0.3, -0.25) is 4.79 Å². The van der Waals surface area contributed by atoms with Crippen LogP contribution in [-0.2, 0) is 11.2 Å². The number of benzene rings is 2. The van der Waals surface area contributed by atoms with Crippen LogP contribution in [0, 0.1) is 0 Å². The largest absolute Gasteiger partial charge is 0.493 e. The number of hydrogen-bond acceptors (Lipinski definition) is 6. The Morgan fingerprint density at radius 2 is 1.63 bits per heavy atom. The number of hydrogen-bond donors (Lipinski definition) is 1. The number of nitrogens with one attached hydrogen (secondary N) is 1. The first-order valence-corrected chi connectivity index (χ1v) is 8.44. The Balaban J connectivity index is 1.98. The Labute approximate surface area is 158 Å². The van der Waals surface area contributed by atoms with Crippen LogP contribution in [0.5, 0.6) is 23.0 Å². The van der Waals surface area contributed by atoms with Crippen molar-refractivity contribution in [1.82, 2.24) is 5.43 Å². The Bertz CT molecular complexity index is 805. The maximum Gasteiger partial charge on any atom is 0.244 e. The van der Waals surface area contributed by atoms with Gasteiger partial charge in [0.15, 0.2) is 23.0 Å². The molecule has 0 atom stereocenters.